The molecule has 1 aromatic heterocycles. The van der Waals surface area contributed by atoms with Gasteiger partial charge in [-0.3, -0.25) is 4.79 Å². The van der Waals surface area contributed by atoms with Crippen molar-refractivity contribution in [1.29, 1.82) is 5.26 Å². The van der Waals surface area contributed by atoms with Gasteiger partial charge in [0.05, 0.1) is 10.0 Å². The summed E-state index contributed by atoms with van der Waals surface area (Å²) in [5, 5.41) is 13.7. The first-order chi connectivity index (χ1) is 10.0. The van der Waals surface area contributed by atoms with Crippen LogP contribution in [-0.2, 0) is 4.79 Å². The molecule has 0 bridgehead atoms. The van der Waals surface area contributed by atoms with Gasteiger partial charge in [-0.1, -0.05) is 0 Å². The number of rotatable bonds is 4. The number of thiophene rings is 1. The molecule has 0 radical (unpaired) electrons. The number of anilines is 1. The van der Waals surface area contributed by atoms with Gasteiger partial charge in [0.1, 0.15) is 22.6 Å². The quantitative estimate of drug-likeness (QED) is 0.889. The smallest absolute Gasteiger partial charge is 0.265 e. The summed E-state index contributed by atoms with van der Waals surface area (Å²) in [6.07, 6.45) is -0.791. The van der Waals surface area contributed by atoms with E-state index < -0.39 is 11.9 Å². The van der Waals surface area contributed by atoms with Crippen LogP contribution in [0.5, 0.6) is 5.75 Å². The molecule has 7 heteroatoms. The Morgan fingerprint density at radius 1 is 1.52 bits per heavy atom. The summed E-state index contributed by atoms with van der Waals surface area (Å²) in [6.45, 7) is 1.57. The second kappa shape index (κ2) is 6.70. The molecule has 0 saturated heterocycles. The van der Waals surface area contributed by atoms with Crippen molar-refractivity contribution in [2.45, 2.75) is 13.0 Å². The van der Waals surface area contributed by atoms with E-state index in [9.17, 15) is 9.18 Å². The van der Waals surface area contributed by atoms with E-state index in [4.69, 9.17) is 10.00 Å². The average molecular weight is 369 g/mol. The van der Waals surface area contributed by atoms with Crippen molar-refractivity contribution in [3.8, 4) is 11.8 Å². The van der Waals surface area contributed by atoms with E-state index in [-0.39, 0.29) is 5.91 Å². The summed E-state index contributed by atoms with van der Waals surface area (Å²) < 4.78 is 18.9. The molecule has 0 unspecified atom stereocenters. The van der Waals surface area contributed by atoms with E-state index in [2.05, 4.69) is 21.2 Å². The molecule has 1 heterocycles. The molecule has 1 amide bonds. The van der Waals surface area contributed by atoms with Crippen molar-refractivity contribution < 1.29 is 13.9 Å². The Kier molecular flexibility index (Phi) is 4.94. The van der Waals surface area contributed by atoms with Crippen molar-refractivity contribution in [2.75, 3.05) is 5.32 Å². The molecule has 0 aliphatic carbocycles. The zero-order valence-corrected chi connectivity index (χ0v) is 13.3. The number of hydrogen-bond donors (Lipinski definition) is 1. The first kappa shape index (κ1) is 15.5. The maximum absolute atomic E-state index is 13.0. The van der Waals surface area contributed by atoms with Crippen LogP contribution < -0.4 is 10.1 Å². The number of nitrogens with one attached hydrogen (secondary N) is 1. The normalized spacial score (nSPS) is 11.5. The predicted octanol–water partition coefficient (Wildman–Crippen LogP) is 3.93. The number of nitriles is 1. The molecule has 2 aromatic rings. The minimum absolute atomic E-state index is 0.366. The van der Waals surface area contributed by atoms with Crippen LogP contribution in [0, 0.1) is 17.1 Å². The minimum atomic E-state index is -0.791. The fraction of sp³-hybridized carbons (Fsp3) is 0.143. The lowest BCUT2D eigenvalue weighted by Gasteiger charge is -2.15. The van der Waals surface area contributed by atoms with Gasteiger partial charge in [0.2, 0.25) is 0 Å². The van der Waals surface area contributed by atoms with E-state index >= 15 is 0 Å². The predicted molar refractivity (Wildman–Crippen MR) is 81.9 cm³/mol. The van der Waals surface area contributed by atoms with Gasteiger partial charge in [0, 0.05) is 0 Å². The van der Waals surface area contributed by atoms with Crippen LogP contribution in [0.15, 0.2) is 34.1 Å². The third-order valence-corrected chi connectivity index (χ3v) is 4.04. The number of benzene rings is 1. The Morgan fingerprint density at radius 2 is 2.29 bits per heavy atom. The van der Waals surface area contributed by atoms with Crippen LogP contribution >= 0.6 is 27.3 Å². The lowest BCUT2D eigenvalue weighted by atomic mass is 10.3. The Morgan fingerprint density at radius 3 is 2.95 bits per heavy atom. The van der Waals surface area contributed by atoms with Gasteiger partial charge in [0.25, 0.3) is 5.91 Å². The third-order valence-electron chi connectivity index (χ3n) is 2.59. The largest absolute Gasteiger partial charge is 0.480 e. The third kappa shape index (κ3) is 3.80. The number of carbonyl (C=O) groups excluding carboxylic acids is 1. The van der Waals surface area contributed by atoms with Crippen LogP contribution in [0.4, 0.5) is 9.39 Å². The zero-order chi connectivity index (χ0) is 15.4. The first-order valence-electron chi connectivity index (χ1n) is 5.91. The van der Waals surface area contributed by atoms with Gasteiger partial charge in [-0.15, -0.1) is 11.3 Å². The SMILES string of the molecule is C[C@@H](Oc1ccc(F)cc1Br)C(=O)Nc1sccc1C#N. The molecule has 0 saturated carbocycles. The molecule has 1 atom stereocenters. The lowest BCUT2D eigenvalue weighted by Crippen LogP contribution is -2.30. The van der Waals surface area contributed by atoms with Gasteiger partial charge in [-0.05, 0) is 52.5 Å². The molecule has 4 nitrogen and oxygen atoms in total. The van der Waals surface area contributed by atoms with Crippen molar-refractivity contribution in [2.24, 2.45) is 0 Å². The highest BCUT2D eigenvalue weighted by molar-refractivity contribution is 9.10. The number of hydrogen-bond acceptors (Lipinski definition) is 4. The molecular weight excluding hydrogens is 359 g/mol. The molecule has 0 aliphatic rings. The van der Waals surface area contributed by atoms with Crippen molar-refractivity contribution >= 4 is 38.2 Å². The fourth-order valence-electron chi connectivity index (χ4n) is 1.52. The van der Waals surface area contributed by atoms with Crippen LogP contribution in [-0.4, -0.2) is 12.0 Å². The zero-order valence-electron chi connectivity index (χ0n) is 10.9. The highest BCUT2D eigenvalue weighted by Crippen LogP contribution is 2.27. The van der Waals surface area contributed by atoms with Crippen LogP contribution in [0.3, 0.4) is 0 Å². The molecule has 2 rings (SSSR count). The summed E-state index contributed by atoms with van der Waals surface area (Å²) in [4.78, 5) is 12.0. The highest BCUT2D eigenvalue weighted by atomic mass is 79.9. The first-order valence-corrected chi connectivity index (χ1v) is 7.58. The van der Waals surface area contributed by atoms with Crippen molar-refractivity contribution in [3.63, 3.8) is 0 Å². The summed E-state index contributed by atoms with van der Waals surface area (Å²) in [7, 11) is 0. The van der Waals surface area contributed by atoms with E-state index in [1.54, 1.807) is 18.4 Å². The van der Waals surface area contributed by atoms with E-state index in [0.29, 0.717) is 20.8 Å². The Labute approximate surface area is 133 Å². The average Bonchev–Trinajstić information content (AvgIpc) is 2.89. The van der Waals surface area contributed by atoms with Crippen molar-refractivity contribution in [1.82, 2.24) is 0 Å². The molecule has 0 fully saturated rings. The summed E-state index contributed by atoms with van der Waals surface area (Å²) in [6, 6.07) is 7.56. The second-order valence-electron chi connectivity index (χ2n) is 4.10. The summed E-state index contributed by atoms with van der Waals surface area (Å²) in [5.74, 6) is -0.417. The number of nitrogens with zero attached hydrogens (tertiary/aromatic N) is 1. The molecular formula is C14H10BrFN2O2S. The van der Waals surface area contributed by atoms with Crippen LogP contribution in [0.1, 0.15) is 12.5 Å². The maximum atomic E-state index is 13.0. The number of amides is 1. The minimum Gasteiger partial charge on any atom is -0.480 e. The van der Waals surface area contributed by atoms with E-state index in [1.807, 2.05) is 6.07 Å². The van der Waals surface area contributed by atoms with Gasteiger partial charge in [0.15, 0.2) is 6.10 Å². The van der Waals surface area contributed by atoms with Gasteiger partial charge < -0.3 is 10.1 Å². The van der Waals surface area contributed by atoms with Gasteiger partial charge in [-0.25, -0.2) is 4.39 Å². The van der Waals surface area contributed by atoms with Crippen LogP contribution in [0.2, 0.25) is 0 Å². The Hall–Kier alpha value is -1.91. The fourth-order valence-corrected chi connectivity index (χ4v) is 2.71. The monoisotopic (exact) mass is 368 g/mol. The second-order valence-corrected chi connectivity index (χ2v) is 5.87. The van der Waals surface area contributed by atoms with Gasteiger partial charge in [-0.2, -0.15) is 5.26 Å². The molecule has 1 N–H and O–H groups in total. The van der Waals surface area contributed by atoms with E-state index in [0.717, 1.165) is 0 Å². The molecule has 21 heavy (non-hydrogen) atoms. The Bertz CT molecular complexity index is 711. The van der Waals surface area contributed by atoms with Gasteiger partial charge >= 0.3 is 0 Å². The highest BCUT2D eigenvalue weighted by Gasteiger charge is 2.18. The van der Waals surface area contributed by atoms with E-state index in [1.165, 1.54) is 29.5 Å². The Balaban J connectivity index is 2.05. The summed E-state index contributed by atoms with van der Waals surface area (Å²) >= 11 is 4.43. The number of carbonyl (C=O) groups is 1. The lowest BCUT2D eigenvalue weighted by molar-refractivity contribution is -0.122. The number of ether oxygens (including phenoxy) is 1. The number of halogens is 2. The molecule has 108 valence electrons. The maximum Gasteiger partial charge on any atom is 0.265 e. The van der Waals surface area contributed by atoms with Crippen molar-refractivity contribution in [3.05, 3.63) is 45.5 Å². The molecule has 0 aliphatic heterocycles. The molecule has 0 spiro atoms. The van der Waals surface area contributed by atoms with Crippen LogP contribution in [0.25, 0.3) is 0 Å². The topological polar surface area (TPSA) is 62.1 Å². The molecule has 1 aromatic carbocycles. The summed E-state index contributed by atoms with van der Waals surface area (Å²) in [5.41, 5.74) is 0.406. The standard InChI is InChI=1S/C14H10BrFN2O2S/c1-8(20-12-3-2-10(16)6-11(12)15)13(19)18-14-9(7-17)4-5-21-14/h2-6,8H,1H3,(H,18,19)/t8-/m1/s1.